The van der Waals surface area contributed by atoms with Crippen LogP contribution in [-0.4, -0.2) is 4.98 Å². The molecule has 1 aromatic carbocycles. The standard InChI is InChI=1S/C13H10Cl3N/c1-7-3-13(17-6-8(7)2)9-4-11(15)12(16)5-10(9)14/h3-6H,1-2H3. The van der Waals surface area contributed by atoms with E-state index in [-0.39, 0.29) is 0 Å². The Labute approximate surface area is 115 Å². The molecule has 0 unspecified atom stereocenters. The van der Waals surface area contributed by atoms with E-state index in [2.05, 4.69) is 4.98 Å². The smallest absolute Gasteiger partial charge is 0.0720 e. The van der Waals surface area contributed by atoms with Crippen molar-refractivity contribution in [3.05, 3.63) is 50.6 Å². The number of aryl methyl sites for hydroxylation is 2. The average Bonchev–Trinajstić information content (AvgIpc) is 2.27. The second-order valence-electron chi connectivity index (χ2n) is 3.90. The van der Waals surface area contributed by atoms with Crippen molar-refractivity contribution in [2.75, 3.05) is 0 Å². The Balaban J connectivity index is 2.60. The molecule has 0 amide bonds. The summed E-state index contributed by atoms with van der Waals surface area (Å²) in [6, 6.07) is 5.36. The van der Waals surface area contributed by atoms with Crippen molar-refractivity contribution < 1.29 is 0 Å². The summed E-state index contributed by atoms with van der Waals surface area (Å²) in [6.45, 7) is 4.05. The molecule has 0 radical (unpaired) electrons. The van der Waals surface area contributed by atoms with E-state index in [1.165, 1.54) is 0 Å². The van der Waals surface area contributed by atoms with Crippen LogP contribution in [0.4, 0.5) is 0 Å². The van der Waals surface area contributed by atoms with E-state index in [4.69, 9.17) is 34.8 Å². The lowest BCUT2D eigenvalue weighted by Gasteiger charge is -2.08. The van der Waals surface area contributed by atoms with Crippen LogP contribution in [0.5, 0.6) is 0 Å². The van der Waals surface area contributed by atoms with Crippen LogP contribution in [-0.2, 0) is 0 Å². The molecular weight excluding hydrogens is 277 g/mol. The topological polar surface area (TPSA) is 12.9 Å². The highest BCUT2D eigenvalue weighted by atomic mass is 35.5. The van der Waals surface area contributed by atoms with Crippen molar-refractivity contribution in [2.24, 2.45) is 0 Å². The molecule has 0 aliphatic heterocycles. The Morgan fingerprint density at radius 2 is 1.47 bits per heavy atom. The highest BCUT2D eigenvalue weighted by molar-refractivity contribution is 6.44. The van der Waals surface area contributed by atoms with Crippen LogP contribution in [0.2, 0.25) is 15.1 Å². The minimum Gasteiger partial charge on any atom is -0.256 e. The number of hydrogen-bond acceptors (Lipinski definition) is 1. The van der Waals surface area contributed by atoms with Crippen molar-refractivity contribution in [3.63, 3.8) is 0 Å². The highest BCUT2D eigenvalue weighted by Crippen LogP contribution is 2.34. The third-order valence-corrected chi connectivity index (χ3v) is 3.69. The molecule has 0 N–H and O–H groups in total. The third kappa shape index (κ3) is 2.57. The number of pyridine rings is 1. The fourth-order valence-electron chi connectivity index (χ4n) is 1.49. The fourth-order valence-corrected chi connectivity index (χ4v) is 2.13. The zero-order valence-corrected chi connectivity index (χ0v) is 11.7. The van der Waals surface area contributed by atoms with Gasteiger partial charge >= 0.3 is 0 Å². The SMILES string of the molecule is Cc1cnc(-c2cc(Cl)c(Cl)cc2Cl)cc1C. The summed E-state index contributed by atoms with van der Waals surface area (Å²) in [5.74, 6) is 0. The lowest BCUT2D eigenvalue weighted by atomic mass is 10.1. The monoisotopic (exact) mass is 285 g/mol. The second-order valence-corrected chi connectivity index (χ2v) is 5.12. The van der Waals surface area contributed by atoms with E-state index in [1.807, 2.05) is 26.1 Å². The van der Waals surface area contributed by atoms with Crippen LogP contribution in [0.25, 0.3) is 11.3 Å². The molecule has 0 saturated heterocycles. The quantitative estimate of drug-likeness (QED) is 0.646. The Morgan fingerprint density at radius 1 is 0.824 bits per heavy atom. The first kappa shape index (κ1) is 12.7. The van der Waals surface area contributed by atoms with Crippen molar-refractivity contribution in [3.8, 4) is 11.3 Å². The van der Waals surface area contributed by atoms with Gasteiger partial charge in [-0.1, -0.05) is 34.8 Å². The first-order valence-corrected chi connectivity index (χ1v) is 6.20. The lowest BCUT2D eigenvalue weighted by molar-refractivity contribution is 1.22. The van der Waals surface area contributed by atoms with E-state index in [1.54, 1.807) is 12.1 Å². The fraction of sp³-hybridized carbons (Fsp3) is 0.154. The van der Waals surface area contributed by atoms with Crippen molar-refractivity contribution in [1.29, 1.82) is 0 Å². The first-order chi connectivity index (χ1) is 7.99. The number of rotatable bonds is 1. The summed E-state index contributed by atoms with van der Waals surface area (Å²) in [6.07, 6.45) is 1.82. The Kier molecular flexibility index (Phi) is 3.62. The van der Waals surface area contributed by atoms with Gasteiger partial charge in [0.05, 0.1) is 20.8 Å². The molecule has 88 valence electrons. The van der Waals surface area contributed by atoms with Gasteiger partial charge in [-0.2, -0.15) is 0 Å². The molecule has 0 fully saturated rings. The zero-order chi connectivity index (χ0) is 12.6. The normalized spacial score (nSPS) is 10.6. The number of hydrogen-bond donors (Lipinski definition) is 0. The summed E-state index contributed by atoms with van der Waals surface area (Å²) in [7, 11) is 0. The Bertz CT molecular complexity index is 579. The van der Waals surface area contributed by atoms with Gasteiger partial charge in [0.15, 0.2) is 0 Å². The molecule has 0 aliphatic rings. The number of benzene rings is 1. The average molecular weight is 287 g/mol. The van der Waals surface area contributed by atoms with Crippen molar-refractivity contribution in [2.45, 2.75) is 13.8 Å². The van der Waals surface area contributed by atoms with Crippen LogP contribution in [0.3, 0.4) is 0 Å². The van der Waals surface area contributed by atoms with E-state index < -0.39 is 0 Å². The minimum atomic E-state index is 0.448. The molecule has 0 atom stereocenters. The Morgan fingerprint density at radius 3 is 2.12 bits per heavy atom. The lowest BCUT2D eigenvalue weighted by Crippen LogP contribution is -1.89. The van der Waals surface area contributed by atoms with Gasteiger partial charge in [-0.25, -0.2) is 0 Å². The molecule has 17 heavy (non-hydrogen) atoms. The van der Waals surface area contributed by atoms with Gasteiger partial charge in [0.25, 0.3) is 0 Å². The minimum absolute atomic E-state index is 0.448. The molecule has 2 aromatic rings. The van der Waals surface area contributed by atoms with Gasteiger partial charge < -0.3 is 0 Å². The summed E-state index contributed by atoms with van der Waals surface area (Å²) in [5.41, 5.74) is 3.91. The zero-order valence-electron chi connectivity index (χ0n) is 9.39. The maximum atomic E-state index is 6.15. The molecule has 0 bridgehead atoms. The number of aromatic nitrogens is 1. The Hall–Kier alpha value is -0.760. The van der Waals surface area contributed by atoms with Gasteiger partial charge in [0.2, 0.25) is 0 Å². The largest absolute Gasteiger partial charge is 0.256 e. The molecule has 4 heteroatoms. The molecule has 0 saturated carbocycles. The van der Waals surface area contributed by atoms with E-state index in [0.717, 1.165) is 22.4 Å². The van der Waals surface area contributed by atoms with E-state index in [0.29, 0.717) is 15.1 Å². The van der Waals surface area contributed by atoms with Gasteiger partial charge in [-0.15, -0.1) is 0 Å². The molecule has 1 heterocycles. The molecule has 2 rings (SSSR count). The summed E-state index contributed by atoms with van der Waals surface area (Å²) >= 11 is 18.0. The van der Waals surface area contributed by atoms with E-state index >= 15 is 0 Å². The summed E-state index contributed by atoms with van der Waals surface area (Å²) < 4.78 is 0. The molecule has 0 aliphatic carbocycles. The van der Waals surface area contributed by atoms with Crippen LogP contribution in [0.1, 0.15) is 11.1 Å². The maximum absolute atomic E-state index is 6.15. The molecule has 1 nitrogen and oxygen atoms in total. The molecule has 1 aromatic heterocycles. The predicted molar refractivity (Wildman–Crippen MR) is 74.2 cm³/mol. The van der Waals surface area contributed by atoms with Crippen LogP contribution in [0, 0.1) is 13.8 Å². The van der Waals surface area contributed by atoms with Crippen molar-refractivity contribution >= 4 is 34.8 Å². The molecular formula is C13H10Cl3N. The number of halogens is 3. The first-order valence-electron chi connectivity index (χ1n) is 5.07. The predicted octanol–water partition coefficient (Wildman–Crippen LogP) is 5.33. The maximum Gasteiger partial charge on any atom is 0.0720 e. The second kappa shape index (κ2) is 4.85. The van der Waals surface area contributed by atoms with Crippen LogP contribution >= 0.6 is 34.8 Å². The van der Waals surface area contributed by atoms with Crippen molar-refractivity contribution in [1.82, 2.24) is 4.98 Å². The van der Waals surface area contributed by atoms with Crippen LogP contribution < -0.4 is 0 Å². The van der Waals surface area contributed by atoms with Crippen LogP contribution in [0.15, 0.2) is 24.4 Å². The molecule has 0 spiro atoms. The number of nitrogens with zero attached hydrogens (tertiary/aromatic N) is 1. The van der Waals surface area contributed by atoms with Gasteiger partial charge in [0, 0.05) is 11.8 Å². The summed E-state index contributed by atoms with van der Waals surface area (Å²) in [5, 5.41) is 1.48. The van der Waals surface area contributed by atoms with E-state index in [9.17, 15) is 0 Å². The van der Waals surface area contributed by atoms with Gasteiger partial charge in [-0.05, 0) is 43.2 Å². The highest BCUT2D eigenvalue weighted by Gasteiger charge is 2.09. The van der Waals surface area contributed by atoms with Gasteiger partial charge in [-0.3, -0.25) is 4.98 Å². The third-order valence-electron chi connectivity index (χ3n) is 2.66. The summed E-state index contributed by atoms with van der Waals surface area (Å²) in [4.78, 5) is 4.35. The van der Waals surface area contributed by atoms with Gasteiger partial charge in [0.1, 0.15) is 0 Å².